The maximum atomic E-state index is 13.4. The van der Waals surface area contributed by atoms with Crippen LogP contribution in [0, 0.1) is 29.6 Å². The van der Waals surface area contributed by atoms with Gasteiger partial charge in [-0.3, -0.25) is 0 Å². The van der Waals surface area contributed by atoms with Crippen LogP contribution in [0.2, 0.25) is 0 Å². The Hall–Kier alpha value is -3.54. The standard InChI is InChI=1S/C48H80N2O10/c1-31(2)24-28-36-18-16-22-39(49-45(53)59-47(7,8)9)43(51)56-34(5)41(36)55-30-33(4)26-25-32(3)27-29-37-19-17-23-40(50-46(54)60-48(10,11)12)44(52)57-35(6)42(37)58-38-20-14-13-15-21-38/h13-15,20-21,31-37,39-42H,16-19,22-30H2,1-12H3,(H,49,53)(H,50,54). The monoisotopic (exact) mass is 845 g/mol. The lowest BCUT2D eigenvalue weighted by atomic mass is 9.84. The van der Waals surface area contributed by atoms with E-state index in [0.717, 1.165) is 70.0 Å². The fraction of sp³-hybridized carbons (Fsp3) is 0.792. The largest absolute Gasteiger partial charge is 0.486 e. The van der Waals surface area contributed by atoms with Crippen molar-refractivity contribution in [3.63, 3.8) is 0 Å². The lowest BCUT2D eigenvalue weighted by Gasteiger charge is -2.33. The lowest BCUT2D eigenvalue weighted by molar-refractivity contribution is -0.162. The average molecular weight is 845 g/mol. The molecule has 1 aromatic rings. The van der Waals surface area contributed by atoms with Gasteiger partial charge in [-0.05, 0) is 142 Å². The predicted molar refractivity (Wildman–Crippen MR) is 234 cm³/mol. The molecule has 10 atom stereocenters. The molecule has 2 amide bonds. The molecule has 0 saturated carbocycles. The molecule has 12 heteroatoms. The van der Waals surface area contributed by atoms with E-state index in [9.17, 15) is 19.2 Å². The first kappa shape index (κ1) is 50.8. The van der Waals surface area contributed by atoms with E-state index >= 15 is 0 Å². The van der Waals surface area contributed by atoms with Gasteiger partial charge in [0, 0.05) is 6.61 Å². The first-order valence-electron chi connectivity index (χ1n) is 22.8. The molecular formula is C48H80N2O10. The maximum Gasteiger partial charge on any atom is 0.408 e. The van der Waals surface area contributed by atoms with Gasteiger partial charge in [0.15, 0.2) is 0 Å². The summed E-state index contributed by atoms with van der Waals surface area (Å²) in [5.41, 5.74) is -1.36. The Labute approximate surface area is 361 Å². The summed E-state index contributed by atoms with van der Waals surface area (Å²) >= 11 is 0. The van der Waals surface area contributed by atoms with Crippen LogP contribution in [0.25, 0.3) is 0 Å². The highest BCUT2D eigenvalue weighted by Crippen LogP contribution is 2.33. The molecule has 342 valence electrons. The number of para-hydroxylation sites is 1. The molecule has 1 aromatic carbocycles. The van der Waals surface area contributed by atoms with Gasteiger partial charge in [0.1, 0.15) is 47.3 Å². The van der Waals surface area contributed by atoms with Crippen molar-refractivity contribution in [3.8, 4) is 5.75 Å². The number of hydrogen-bond donors (Lipinski definition) is 2. The lowest BCUT2D eigenvalue weighted by Crippen LogP contribution is -2.46. The minimum absolute atomic E-state index is 0.130. The van der Waals surface area contributed by atoms with Crippen molar-refractivity contribution < 1.29 is 47.6 Å². The second kappa shape index (κ2) is 24.2. The Morgan fingerprint density at radius 2 is 1.13 bits per heavy atom. The zero-order valence-electron chi connectivity index (χ0n) is 39.0. The number of benzene rings is 1. The van der Waals surface area contributed by atoms with Crippen LogP contribution in [0.15, 0.2) is 30.3 Å². The third kappa shape index (κ3) is 19.0. The Bertz CT molecular complexity index is 1460. The second-order valence-electron chi connectivity index (χ2n) is 20.1. The second-order valence-corrected chi connectivity index (χ2v) is 20.1. The summed E-state index contributed by atoms with van der Waals surface area (Å²) in [4.78, 5) is 51.9. The number of carbonyl (C=O) groups is 4. The molecule has 2 aliphatic rings. The van der Waals surface area contributed by atoms with Gasteiger partial charge >= 0.3 is 24.1 Å². The molecule has 2 heterocycles. The number of amides is 2. The van der Waals surface area contributed by atoms with E-state index in [1.807, 2.05) is 44.2 Å². The first-order valence-corrected chi connectivity index (χ1v) is 22.8. The fourth-order valence-electron chi connectivity index (χ4n) is 8.18. The molecule has 0 bridgehead atoms. The van der Waals surface area contributed by atoms with Gasteiger partial charge in [-0.2, -0.15) is 0 Å². The van der Waals surface area contributed by atoms with Gasteiger partial charge in [0.25, 0.3) is 0 Å². The van der Waals surface area contributed by atoms with Gasteiger partial charge in [-0.15, -0.1) is 0 Å². The van der Waals surface area contributed by atoms with Crippen LogP contribution < -0.4 is 15.4 Å². The molecule has 0 spiro atoms. The third-order valence-electron chi connectivity index (χ3n) is 11.4. The number of ether oxygens (including phenoxy) is 6. The number of esters is 2. The zero-order chi connectivity index (χ0) is 44.6. The van der Waals surface area contributed by atoms with Crippen molar-refractivity contribution in [2.24, 2.45) is 29.6 Å². The maximum absolute atomic E-state index is 13.4. The molecule has 0 aliphatic carbocycles. The van der Waals surface area contributed by atoms with E-state index in [1.165, 1.54) is 0 Å². The van der Waals surface area contributed by atoms with E-state index in [1.54, 1.807) is 41.5 Å². The normalized spacial score (nSPS) is 26.9. The Balaban J connectivity index is 1.62. The van der Waals surface area contributed by atoms with E-state index in [2.05, 4.69) is 38.3 Å². The molecule has 2 N–H and O–H groups in total. The number of carbonyl (C=O) groups excluding carboxylic acids is 4. The molecule has 0 aromatic heterocycles. The fourth-order valence-corrected chi connectivity index (χ4v) is 8.18. The predicted octanol–water partition coefficient (Wildman–Crippen LogP) is 10.3. The Kier molecular flexibility index (Phi) is 20.5. The first-order chi connectivity index (χ1) is 28.1. The van der Waals surface area contributed by atoms with Gasteiger partial charge in [0.05, 0.1) is 6.10 Å². The van der Waals surface area contributed by atoms with E-state index in [-0.39, 0.29) is 24.0 Å². The van der Waals surface area contributed by atoms with Crippen molar-refractivity contribution >= 4 is 24.1 Å². The SMILES string of the molecule is CC(C)CCC1CCCC(NC(=O)OC(C)(C)C)C(=O)OC(C)C1OCC(C)CCC(C)CCC1CCCC(NC(=O)OC(C)(C)C)C(=O)OC(C)C1Oc1ccccc1. The number of cyclic esters (lactones) is 2. The van der Waals surface area contributed by atoms with Crippen LogP contribution in [0.5, 0.6) is 5.75 Å². The van der Waals surface area contributed by atoms with Crippen LogP contribution in [0.4, 0.5) is 9.59 Å². The number of nitrogens with one attached hydrogen (secondary N) is 2. The molecule has 10 unspecified atom stereocenters. The number of rotatable bonds is 16. The summed E-state index contributed by atoms with van der Waals surface area (Å²) in [5, 5.41) is 5.49. The van der Waals surface area contributed by atoms with Crippen LogP contribution in [-0.2, 0) is 33.3 Å². The van der Waals surface area contributed by atoms with Crippen molar-refractivity contribution in [2.75, 3.05) is 6.61 Å². The van der Waals surface area contributed by atoms with E-state index in [0.29, 0.717) is 37.2 Å². The van der Waals surface area contributed by atoms with E-state index < -0.39 is 59.6 Å². The molecule has 3 rings (SSSR count). The number of hydrogen-bond acceptors (Lipinski definition) is 10. The Morgan fingerprint density at radius 1 is 0.667 bits per heavy atom. The number of alkyl carbamates (subject to hydrolysis) is 2. The summed E-state index contributed by atoms with van der Waals surface area (Å²) in [6, 6.07) is 8.09. The van der Waals surface area contributed by atoms with Crippen LogP contribution in [0.3, 0.4) is 0 Å². The summed E-state index contributed by atoms with van der Waals surface area (Å²) in [7, 11) is 0. The van der Waals surface area contributed by atoms with Crippen molar-refractivity contribution in [3.05, 3.63) is 30.3 Å². The van der Waals surface area contributed by atoms with Crippen molar-refractivity contribution in [1.82, 2.24) is 10.6 Å². The summed E-state index contributed by atoms with van der Waals surface area (Å²) < 4.78 is 36.2. The highest BCUT2D eigenvalue weighted by Gasteiger charge is 2.38. The molecule has 0 radical (unpaired) electrons. The van der Waals surface area contributed by atoms with Gasteiger partial charge in [0.2, 0.25) is 0 Å². The third-order valence-corrected chi connectivity index (χ3v) is 11.4. The smallest absolute Gasteiger partial charge is 0.408 e. The summed E-state index contributed by atoms with van der Waals surface area (Å²) in [6.07, 6.45) is 7.21. The van der Waals surface area contributed by atoms with Gasteiger partial charge < -0.3 is 39.1 Å². The van der Waals surface area contributed by atoms with Gasteiger partial charge in [-0.1, -0.05) is 78.0 Å². The van der Waals surface area contributed by atoms with Crippen LogP contribution in [-0.4, -0.2) is 78.4 Å². The average Bonchev–Trinajstić information content (AvgIpc) is 3.21. The highest BCUT2D eigenvalue weighted by molar-refractivity contribution is 5.82. The molecule has 60 heavy (non-hydrogen) atoms. The summed E-state index contributed by atoms with van der Waals surface area (Å²) in [6.45, 7) is 24.1. The topological polar surface area (TPSA) is 148 Å². The van der Waals surface area contributed by atoms with Crippen molar-refractivity contribution in [1.29, 1.82) is 0 Å². The highest BCUT2D eigenvalue weighted by atomic mass is 16.6. The molecule has 12 nitrogen and oxygen atoms in total. The molecular weight excluding hydrogens is 765 g/mol. The Morgan fingerprint density at radius 3 is 1.63 bits per heavy atom. The van der Waals surface area contributed by atoms with Crippen LogP contribution >= 0.6 is 0 Å². The zero-order valence-corrected chi connectivity index (χ0v) is 39.0. The molecule has 2 saturated heterocycles. The minimum Gasteiger partial charge on any atom is -0.486 e. The molecule has 2 aliphatic heterocycles. The van der Waals surface area contributed by atoms with Gasteiger partial charge in [-0.25, -0.2) is 19.2 Å². The van der Waals surface area contributed by atoms with Crippen molar-refractivity contribution in [2.45, 2.75) is 208 Å². The summed E-state index contributed by atoms with van der Waals surface area (Å²) in [5.74, 6) is 1.44. The van der Waals surface area contributed by atoms with E-state index in [4.69, 9.17) is 28.4 Å². The quantitative estimate of drug-likeness (QED) is 0.122. The molecule has 2 fully saturated rings. The minimum atomic E-state index is -0.800. The van der Waals surface area contributed by atoms with Crippen LogP contribution in [0.1, 0.15) is 160 Å².